The van der Waals surface area contributed by atoms with E-state index in [-0.39, 0.29) is 5.41 Å². The Morgan fingerprint density at radius 1 is 0.465 bits per heavy atom. The SMILES string of the molecule is CC(C)C(C)c1cccc2c1=CCCC=2.CC1(C)C2CC3CC(C2)CC1C3.CC1(C)CC2CC1C1C3CCC(C3)C21.CC1(C)CC2CC1C1CCCC21.CC1(C)CC2CCC1C2.CC1(C)CCCCC1.CC1(C)c2ccccc2CC2C=CC=CC21. The molecule has 2 aromatic rings. The molecule has 0 heteroatoms. The van der Waals surface area contributed by atoms with Crippen LogP contribution in [0, 0.1) is 140 Å². The van der Waals surface area contributed by atoms with E-state index in [2.05, 4.69) is 183 Å². The lowest BCUT2D eigenvalue weighted by molar-refractivity contribution is -0.0876. The summed E-state index contributed by atoms with van der Waals surface area (Å²) in [4.78, 5) is 0. The second-order valence-corrected chi connectivity index (χ2v) is 38.2. The third-order valence-corrected chi connectivity index (χ3v) is 30.2. The zero-order valence-electron chi connectivity index (χ0n) is 58.6. The second-order valence-electron chi connectivity index (χ2n) is 38.2. The summed E-state index contributed by atoms with van der Waals surface area (Å²) in [5.41, 5.74) is 8.37. The highest BCUT2D eigenvalue weighted by Crippen LogP contribution is 2.72. The van der Waals surface area contributed by atoms with Crippen LogP contribution < -0.4 is 10.4 Å². The second kappa shape index (κ2) is 24.9. The fraction of sp³-hybridized carbons (Fsp3) is 0.791. The molecule has 0 amide bonds. The van der Waals surface area contributed by atoms with Crippen LogP contribution in [0.4, 0.5) is 0 Å². The molecule has 0 nitrogen and oxygen atoms in total. The summed E-state index contributed by atoms with van der Waals surface area (Å²) in [6, 6.07) is 15.7. The van der Waals surface area contributed by atoms with E-state index in [1.54, 1.807) is 103 Å². The molecule has 0 heterocycles. The first-order valence-electron chi connectivity index (χ1n) is 38.0. The van der Waals surface area contributed by atoms with Gasteiger partial charge in [-0.05, 0) is 319 Å². The number of benzene rings is 2. The van der Waals surface area contributed by atoms with Crippen molar-refractivity contribution in [1.29, 1.82) is 0 Å². The Morgan fingerprint density at radius 3 is 1.73 bits per heavy atom. The molecule has 0 aliphatic heterocycles. The molecule has 0 radical (unpaired) electrons. The van der Waals surface area contributed by atoms with E-state index in [0.29, 0.717) is 50.7 Å². The predicted octanol–water partition coefficient (Wildman–Crippen LogP) is 23.1. The maximum absolute atomic E-state index is 2.54. The van der Waals surface area contributed by atoms with E-state index in [1.165, 1.54) is 127 Å². The van der Waals surface area contributed by atoms with Crippen LogP contribution in [0.2, 0.25) is 0 Å². The Bertz CT molecular complexity index is 2780. The van der Waals surface area contributed by atoms with Gasteiger partial charge >= 0.3 is 0 Å². The van der Waals surface area contributed by atoms with Crippen molar-refractivity contribution in [3.8, 4) is 0 Å². The van der Waals surface area contributed by atoms with Crippen LogP contribution in [0.25, 0.3) is 12.2 Å². The van der Waals surface area contributed by atoms with Gasteiger partial charge in [-0.15, -0.1) is 0 Å². The van der Waals surface area contributed by atoms with Gasteiger partial charge in [0, 0.05) is 0 Å². The molecule has 86 heavy (non-hydrogen) atoms. The Hall–Kier alpha value is -2.34. The van der Waals surface area contributed by atoms with E-state index in [9.17, 15) is 0 Å². The highest BCUT2D eigenvalue weighted by Gasteiger charge is 2.64. The minimum absolute atomic E-state index is 0.265. The molecule has 15 atom stereocenters. The lowest BCUT2D eigenvalue weighted by Gasteiger charge is -2.59. The Balaban J connectivity index is 0.0000000992. The van der Waals surface area contributed by atoms with Crippen LogP contribution >= 0.6 is 0 Å². The first-order chi connectivity index (χ1) is 40.8. The average Bonchev–Trinajstić information content (AvgIpc) is 1.51. The van der Waals surface area contributed by atoms with Gasteiger partial charge in [0.05, 0.1) is 0 Å². The monoisotopic (exact) mass is 1170 g/mol. The van der Waals surface area contributed by atoms with E-state index < -0.39 is 0 Å². The first-order valence-corrected chi connectivity index (χ1v) is 38.0. The normalized spacial score (nSPS) is 41.1. The lowest BCUT2D eigenvalue weighted by Crippen LogP contribution is -2.49. The van der Waals surface area contributed by atoms with Gasteiger partial charge in [0.2, 0.25) is 0 Å². The van der Waals surface area contributed by atoms with Crippen molar-refractivity contribution in [2.75, 3.05) is 0 Å². The minimum Gasteiger partial charge on any atom is -0.0805 e. The molecule has 12 bridgehead atoms. The summed E-state index contributed by atoms with van der Waals surface area (Å²) < 4.78 is 0. The van der Waals surface area contributed by atoms with Crippen LogP contribution in [0.1, 0.15) is 293 Å². The highest BCUT2D eigenvalue weighted by atomic mass is 14.7. The fourth-order valence-corrected chi connectivity index (χ4v) is 25.4. The quantitative estimate of drug-likeness (QED) is 0.263. The molecule has 0 N–H and O–H groups in total. The van der Waals surface area contributed by atoms with Gasteiger partial charge in [0.1, 0.15) is 0 Å². The molecule has 19 rings (SSSR count). The van der Waals surface area contributed by atoms with Gasteiger partial charge in [-0.2, -0.15) is 0 Å². The summed E-state index contributed by atoms with van der Waals surface area (Å²) in [7, 11) is 0. The summed E-state index contributed by atoms with van der Waals surface area (Å²) in [5, 5.41) is 2.93. The highest BCUT2D eigenvalue weighted by molar-refractivity contribution is 5.43. The van der Waals surface area contributed by atoms with E-state index in [0.717, 1.165) is 65.1 Å². The van der Waals surface area contributed by atoms with Gasteiger partial charge in [-0.3, -0.25) is 0 Å². The van der Waals surface area contributed by atoms with E-state index in [1.807, 2.05) is 0 Å². The molecule has 0 spiro atoms. The van der Waals surface area contributed by atoms with Crippen LogP contribution in [0.5, 0.6) is 0 Å². The first kappa shape index (κ1) is 63.8. The number of allylic oxidation sites excluding steroid dienone is 4. The third kappa shape index (κ3) is 12.8. The van der Waals surface area contributed by atoms with Crippen molar-refractivity contribution in [2.45, 2.75) is 289 Å². The molecule has 0 aromatic heterocycles. The van der Waals surface area contributed by atoms with Gasteiger partial charge in [-0.1, -0.05) is 215 Å². The maximum Gasteiger partial charge on any atom is -0.00322 e. The van der Waals surface area contributed by atoms with Crippen LogP contribution in [0.15, 0.2) is 66.8 Å². The number of rotatable bonds is 2. The zero-order valence-corrected chi connectivity index (χ0v) is 58.6. The van der Waals surface area contributed by atoms with Crippen LogP contribution in [-0.4, -0.2) is 0 Å². The van der Waals surface area contributed by atoms with Crippen LogP contribution in [-0.2, 0) is 11.8 Å². The molecule has 14 fully saturated rings. The number of hydrogen-bond donors (Lipinski definition) is 0. The molecule has 476 valence electrons. The van der Waals surface area contributed by atoms with E-state index >= 15 is 0 Å². The molecule has 14 saturated carbocycles. The van der Waals surface area contributed by atoms with Crippen molar-refractivity contribution < 1.29 is 0 Å². The topological polar surface area (TPSA) is 0 Å². The predicted molar refractivity (Wildman–Crippen MR) is 371 cm³/mol. The lowest BCUT2D eigenvalue weighted by atomic mass is 9.46. The Morgan fingerprint density at radius 2 is 1.09 bits per heavy atom. The van der Waals surface area contributed by atoms with Crippen molar-refractivity contribution in [3.63, 3.8) is 0 Å². The smallest absolute Gasteiger partial charge is 0.00322 e. The molecule has 0 saturated heterocycles. The van der Waals surface area contributed by atoms with Gasteiger partial charge in [-0.25, -0.2) is 0 Å². The summed E-state index contributed by atoms with van der Waals surface area (Å²) in [6.07, 6.45) is 54.6. The molecule has 17 aliphatic rings. The molecular weight excluding hydrogens is 1030 g/mol. The molecule has 15 unspecified atom stereocenters. The number of hydrogen-bond acceptors (Lipinski definition) is 0. The third-order valence-electron chi connectivity index (χ3n) is 30.2. The number of fused-ring (bicyclic) bond motifs is 19. The summed E-state index contributed by atoms with van der Waals surface area (Å²) in [5.74, 6) is 20.9. The summed E-state index contributed by atoms with van der Waals surface area (Å²) >= 11 is 0. The van der Waals surface area contributed by atoms with Crippen LogP contribution in [0.3, 0.4) is 0 Å². The zero-order chi connectivity index (χ0) is 60.7. The average molecular weight is 1170 g/mol. The van der Waals surface area contributed by atoms with Gasteiger partial charge in [0.25, 0.3) is 0 Å². The minimum atomic E-state index is 0.265. The standard InChI is InChI=1S/C16H18.C15H20.C14H22.2C12H20.C9H16.C8H16/c1-16(2)14-9-5-3-7-12(14)11-13-8-4-6-10-15(13)16;1-11(2)12(3)14-10-6-8-13-7-4-5-9-15(13)14;1-14(2)7-10-6-11(14)13-9-4-3-8(5-9)12(10)13;1-12(2)10-4-8-3-9(6-10)7-11(12)5-8;1-12(2)7-8-6-11(12)10-5-3-4-9(8)10;1-9(2)6-7-3-4-8(9)5-7;1-8(2)6-4-3-5-7-8/h3-10,12,14H,11H2,1-2H3;6-12H,4-5H2,1-3H3;8-13H,3-7H2,1-2H3;2*8-11H,3-7H2,1-2H3;7-8H,3-6H2,1-2H3;3-7H2,1-2H3. The van der Waals surface area contributed by atoms with Gasteiger partial charge in [0.15, 0.2) is 0 Å². The fourth-order valence-electron chi connectivity index (χ4n) is 25.4. The van der Waals surface area contributed by atoms with Crippen molar-refractivity contribution in [3.05, 3.63) is 93.9 Å². The van der Waals surface area contributed by atoms with Crippen molar-refractivity contribution in [2.24, 2.45) is 140 Å². The largest absolute Gasteiger partial charge is 0.0805 e. The maximum atomic E-state index is 2.54. The Kier molecular flexibility index (Phi) is 18.5. The Labute approximate surface area is 531 Å². The van der Waals surface area contributed by atoms with Crippen molar-refractivity contribution >= 4 is 12.2 Å². The van der Waals surface area contributed by atoms with Gasteiger partial charge < -0.3 is 0 Å². The van der Waals surface area contributed by atoms with Crippen molar-refractivity contribution in [1.82, 2.24) is 0 Å². The molecular formula is C86H132. The molecule has 2 aromatic carbocycles. The van der Waals surface area contributed by atoms with E-state index in [4.69, 9.17) is 0 Å². The molecule has 17 aliphatic carbocycles. The summed E-state index contributed by atoms with van der Waals surface area (Å²) in [6.45, 7) is 36.5.